The summed E-state index contributed by atoms with van der Waals surface area (Å²) in [6.45, 7) is 5.05. The smallest absolute Gasteiger partial charge is 0.125 e. The Morgan fingerprint density at radius 3 is 2.69 bits per heavy atom. The first-order valence-corrected chi connectivity index (χ1v) is 5.55. The highest BCUT2D eigenvalue weighted by Crippen LogP contribution is 2.26. The Morgan fingerprint density at radius 2 is 2.06 bits per heavy atom. The second-order valence-electron chi connectivity index (χ2n) is 3.91. The van der Waals surface area contributed by atoms with Crippen molar-refractivity contribution in [3.8, 4) is 5.75 Å². The van der Waals surface area contributed by atoms with Crippen molar-refractivity contribution in [1.82, 2.24) is 0 Å². The Hall–Kier alpha value is -1.06. The second kappa shape index (κ2) is 6.51. The summed E-state index contributed by atoms with van der Waals surface area (Å²) in [5, 5.41) is 9.59. The average molecular weight is 224 g/mol. The second-order valence-corrected chi connectivity index (χ2v) is 3.91. The Morgan fingerprint density at radius 1 is 1.31 bits per heavy atom. The van der Waals surface area contributed by atoms with Crippen LogP contribution in [-0.4, -0.2) is 25.4 Å². The van der Waals surface area contributed by atoms with Gasteiger partial charge in [0.25, 0.3) is 0 Å². The molecule has 1 N–H and O–H groups in total. The van der Waals surface area contributed by atoms with Crippen molar-refractivity contribution in [2.75, 3.05) is 20.3 Å². The first-order chi connectivity index (χ1) is 7.65. The van der Waals surface area contributed by atoms with Crippen molar-refractivity contribution < 1.29 is 14.6 Å². The fourth-order valence-corrected chi connectivity index (χ4v) is 1.50. The van der Waals surface area contributed by atoms with Crippen molar-refractivity contribution in [3.05, 3.63) is 29.3 Å². The molecule has 0 fully saturated rings. The van der Waals surface area contributed by atoms with Gasteiger partial charge < -0.3 is 14.6 Å². The van der Waals surface area contributed by atoms with E-state index in [2.05, 4.69) is 0 Å². The van der Waals surface area contributed by atoms with Crippen LogP contribution in [0.1, 0.15) is 30.6 Å². The largest absolute Gasteiger partial charge is 0.493 e. The van der Waals surface area contributed by atoms with Crippen LogP contribution in [0.3, 0.4) is 0 Å². The molecule has 0 aromatic heterocycles. The fourth-order valence-electron chi connectivity index (χ4n) is 1.50. The van der Waals surface area contributed by atoms with Crippen LogP contribution >= 0.6 is 0 Å². The highest BCUT2D eigenvalue weighted by Gasteiger charge is 2.08. The van der Waals surface area contributed by atoms with Crippen LogP contribution in [0.25, 0.3) is 0 Å². The molecule has 1 aromatic carbocycles. The van der Waals surface area contributed by atoms with Crippen LogP contribution in [0.15, 0.2) is 18.2 Å². The number of benzene rings is 1. The Kier molecular flexibility index (Phi) is 5.29. The van der Waals surface area contributed by atoms with Gasteiger partial charge in [-0.05, 0) is 25.5 Å². The van der Waals surface area contributed by atoms with Crippen LogP contribution in [-0.2, 0) is 4.74 Å². The van der Waals surface area contributed by atoms with Gasteiger partial charge in [-0.1, -0.05) is 12.1 Å². The first-order valence-electron chi connectivity index (χ1n) is 5.55. The van der Waals surface area contributed by atoms with Gasteiger partial charge in [-0.3, -0.25) is 0 Å². The van der Waals surface area contributed by atoms with E-state index >= 15 is 0 Å². The lowest BCUT2D eigenvalue weighted by Gasteiger charge is -2.14. The minimum absolute atomic E-state index is 0.502. The van der Waals surface area contributed by atoms with E-state index in [1.807, 2.05) is 25.1 Å². The van der Waals surface area contributed by atoms with Gasteiger partial charge in [0.05, 0.1) is 12.7 Å². The molecule has 1 aromatic rings. The molecule has 0 unspecified atom stereocenters. The van der Waals surface area contributed by atoms with E-state index < -0.39 is 6.10 Å². The summed E-state index contributed by atoms with van der Waals surface area (Å²) in [6, 6.07) is 5.84. The van der Waals surface area contributed by atoms with Crippen LogP contribution < -0.4 is 4.74 Å². The molecule has 0 bridgehead atoms. The van der Waals surface area contributed by atoms with Gasteiger partial charge in [-0.25, -0.2) is 0 Å². The Bertz CT molecular complexity index is 321. The maximum absolute atomic E-state index is 9.59. The molecular formula is C13H20O3. The number of methoxy groups -OCH3 is 1. The van der Waals surface area contributed by atoms with Crippen molar-refractivity contribution >= 4 is 0 Å². The lowest BCUT2D eigenvalue weighted by atomic mass is 10.1. The fraction of sp³-hybridized carbons (Fsp3) is 0.538. The highest BCUT2D eigenvalue weighted by atomic mass is 16.5. The number of aliphatic hydroxyl groups excluding tert-OH is 1. The van der Waals surface area contributed by atoms with Gasteiger partial charge >= 0.3 is 0 Å². The van der Waals surface area contributed by atoms with Gasteiger partial charge in [-0.2, -0.15) is 0 Å². The maximum Gasteiger partial charge on any atom is 0.125 e. The molecule has 0 saturated carbocycles. The molecule has 90 valence electrons. The van der Waals surface area contributed by atoms with Crippen molar-refractivity contribution in [2.24, 2.45) is 0 Å². The van der Waals surface area contributed by atoms with Gasteiger partial charge in [0.2, 0.25) is 0 Å². The molecule has 0 aliphatic rings. The minimum atomic E-state index is -0.502. The van der Waals surface area contributed by atoms with Crippen LogP contribution in [0, 0.1) is 6.92 Å². The lowest BCUT2D eigenvalue weighted by Crippen LogP contribution is -2.04. The predicted molar refractivity (Wildman–Crippen MR) is 63.8 cm³/mol. The summed E-state index contributed by atoms with van der Waals surface area (Å²) in [6.07, 6.45) is 0.349. The Balaban J connectivity index is 2.65. The van der Waals surface area contributed by atoms with E-state index in [0.717, 1.165) is 23.3 Å². The molecule has 1 atom stereocenters. The van der Waals surface area contributed by atoms with Crippen LogP contribution in [0.5, 0.6) is 5.75 Å². The summed E-state index contributed by atoms with van der Waals surface area (Å²) < 4.78 is 10.6. The van der Waals surface area contributed by atoms with E-state index in [1.54, 1.807) is 14.0 Å². The summed E-state index contributed by atoms with van der Waals surface area (Å²) in [7, 11) is 1.67. The number of aliphatic hydroxyl groups is 1. The molecular weight excluding hydrogens is 204 g/mol. The summed E-state index contributed by atoms with van der Waals surface area (Å²) in [4.78, 5) is 0. The van der Waals surface area contributed by atoms with Gasteiger partial charge in [0, 0.05) is 25.7 Å². The molecule has 16 heavy (non-hydrogen) atoms. The molecule has 0 radical (unpaired) electrons. The molecule has 0 saturated heterocycles. The summed E-state index contributed by atoms with van der Waals surface area (Å²) >= 11 is 0. The first kappa shape index (κ1) is 13.0. The summed E-state index contributed by atoms with van der Waals surface area (Å²) in [5.41, 5.74) is 1.97. The third-order valence-electron chi connectivity index (χ3n) is 2.37. The number of ether oxygens (including phenoxy) is 2. The van der Waals surface area contributed by atoms with Gasteiger partial charge in [-0.15, -0.1) is 0 Å². The molecule has 0 aliphatic carbocycles. The molecule has 0 heterocycles. The SMILES string of the molecule is COCCCOc1cc(C)ccc1[C@H](C)O. The molecule has 3 heteroatoms. The number of hydrogen-bond donors (Lipinski definition) is 1. The highest BCUT2D eigenvalue weighted by molar-refractivity contribution is 5.38. The number of aryl methyl sites for hydroxylation is 1. The molecule has 1 rings (SSSR count). The van der Waals surface area contributed by atoms with Gasteiger partial charge in [0.1, 0.15) is 5.75 Å². The summed E-state index contributed by atoms with van der Waals surface area (Å²) in [5.74, 6) is 0.770. The molecule has 0 aliphatic heterocycles. The third-order valence-corrected chi connectivity index (χ3v) is 2.37. The van der Waals surface area contributed by atoms with E-state index in [4.69, 9.17) is 9.47 Å². The quantitative estimate of drug-likeness (QED) is 0.754. The van der Waals surface area contributed by atoms with E-state index in [0.29, 0.717) is 13.2 Å². The molecule has 0 amide bonds. The third kappa shape index (κ3) is 3.83. The van der Waals surface area contributed by atoms with Crippen LogP contribution in [0.2, 0.25) is 0 Å². The Labute approximate surface area is 97.0 Å². The number of hydrogen-bond acceptors (Lipinski definition) is 3. The standard InChI is InChI=1S/C13H20O3/c1-10-5-6-12(11(2)14)13(9-10)16-8-4-7-15-3/h5-6,9,11,14H,4,7-8H2,1-3H3/t11-/m0/s1. The zero-order valence-electron chi connectivity index (χ0n) is 10.2. The average Bonchev–Trinajstić information content (AvgIpc) is 2.24. The zero-order chi connectivity index (χ0) is 12.0. The molecule has 3 nitrogen and oxygen atoms in total. The monoisotopic (exact) mass is 224 g/mol. The van der Waals surface area contributed by atoms with Crippen LogP contribution in [0.4, 0.5) is 0 Å². The van der Waals surface area contributed by atoms with Gasteiger partial charge in [0.15, 0.2) is 0 Å². The predicted octanol–water partition coefficient (Wildman–Crippen LogP) is 2.46. The topological polar surface area (TPSA) is 38.7 Å². The van der Waals surface area contributed by atoms with E-state index in [-0.39, 0.29) is 0 Å². The van der Waals surface area contributed by atoms with Crippen molar-refractivity contribution in [3.63, 3.8) is 0 Å². The minimum Gasteiger partial charge on any atom is -0.493 e. The van der Waals surface area contributed by atoms with E-state index in [1.165, 1.54) is 0 Å². The normalized spacial score (nSPS) is 12.5. The maximum atomic E-state index is 9.59. The zero-order valence-corrected chi connectivity index (χ0v) is 10.2. The van der Waals surface area contributed by atoms with Crippen molar-refractivity contribution in [2.45, 2.75) is 26.4 Å². The number of rotatable bonds is 6. The lowest BCUT2D eigenvalue weighted by molar-refractivity contribution is 0.166. The van der Waals surface area contributed by atoms with E-state index in [9.17, 15) is 5.11 Å². The molecule has 0 spiro atoms. The van der Waals surface area contributed by atoms with Crippen molar-refractivity contribution in [1.29, 1.82) is 0 Å².